The van der Waals surface area contributed by atoms with Crippen molar-refractivity contribution in [1.82, 2.24) is 4.98 Å². The van der Waals surface area contributed by atoms with Crippen molar-refractivity contribution in [1.29, 1.82) is 0 Å². The van der Waals surface area contributed by atoms with E-state index < -0.39 is 0 Å². The number of benzene rings is 2. The summed E-state index contributed by atoms with van der Waals surface area (Å²) < 4.78 is 0. The zero-order chi connectivity index (χ0) is 13.2. The molecule has 1 heterocycles. The Morgan fingerprint density at radius 2 is 1.52 bits per heavy atom. The maximum absolute atomic E-state index is 5.92. The molecule has 2 aromatic carbocycles. The third-order valence-electron chi connectivity index (χ3n) is 2.80. The first-order chi connectivity index (χ1) is 9.24. The number of nitrogens with zero attached hydrogens (tertiary/aromatic N) is 1. The summed E-state index contributed by atoms with van der Waals surface area (Å²) in [6.45, 7) is 0. The molecule has 0 unspecified atom stereocenters. The summed E-state index contributed by atoms with van der Waals surface area (Å²) in [4.78, 5) is 5.52. The Kier molecular flexibility index (Phi) is 6.36. The van der Waals surface area contributed by atoms with Crippen molar-refractivity contribution >= 4 is 45.1 Å². The predicted molar refractivity (Wildman–Crippen MR) is 96.3 cm³/mol. The summed E-state index contributed by atoms with van der Waals surface area (Å²) in [5, 5.41) is 1.29. The molecule has 0 amide bonds. The first-order valence-electron chi connectivity index (χ1n) is 5.82. The van der Waals surface area contributed by atoms with E-state index in [2.05, 4.69) is 17.1 Å². The van der Waals surface area contributed by atoms with Crippen LogP contribution in [0.25, 0.3) is 21.7 Å². The van der Waals surface area contributed by atoms with Gasteiger partial charge in [-0.05, 0) is 17.7 Å². The molecule has 1 aromatic heterocycles. The number of thiazole rings is 1. The van der Waals surface area contributed by atoms with Gasteiger partial charge in [0.1, 0.15) is 0 Å². The van der Waals surface area contributed by atoms with Crippen molar-refractivity contribution in [3.05, 3.63) is 59.6 Å². The van der Waals surface area contributed by atoms with Gasteiger partial charge < -0.3 is 11.2 Å². The fourth-order valence-electron chi connectivity index (χ4n) is 1.93. The lowest BCUT2D eigenvalue weighted by Crippen LogP contribution is -1.84. The number of anilines is 1. The Labute approximate surface area is 142 Å². The van der Waals surface area contributed by atoms with Crippen LogP contribution in [0.2, 0.25) is 5.02 Å². The molecule has 0 aliphatic carbocycles. The first kappa shape index (κ1) is 17.7. The standard InChI is InChI=1S/C15H11ClN2S.BrH.H2O/c16-12-8-6-10(7-9-12)13-14(19-15(17)18-13)11-4-2-1-3-5-11;;/h1-9H,(H2,17,18);1H;1H2. The lowest BCUT2D eigenvalue weighted by atomic mass is 10.1. The van der Waals surface area contributed by atoms with Crippen LogP contribution in [0.5, 0.6) is 0 Å². The quantitative estimate of drug-likeness (QED) is 0.707. The lowest BCUT2D eigenvalue weighted by Gasteiger charge is -2.02. The zero-order valence-electron chi connectivity index (χ0n) is 10.9. The number of nitrogens with two attached hydrogens (primary N) is 1. The average Bonchev–Trinajstić information content (AvgIpc) is 2.83. The molecule has 3 nitrogen and oxygen atoms in total. The van der Waals surface area contributed by atoms with Gasteiger partial charge in [-0.15, -0.1) is 17.0 Å². The summed E-state index contributed by atoms with van der Waals surface area (Å²) in [5.74, 6) is 0. The van der Waals surface area contributed by atoms with Gasteiger partial charge in [-0.25, -0.2) is 4.98 Å². The Morgan fingerprint density at radius 1 is 0.905 bits per heavy atom. The molecule has 6 heteroatoms. The van der Waals surface area contributed by atoms with E-state index in [0.717, 1.165) is 21.7 Å². The zero-order valence-corrected chi connectivity index (χ0v) is 14.2. The minimum absolute atomic E-state index is 0. The van der Waals surface area contributed by atoms with Crippen LogP contribution in [-0.4, -0.2) is 10.5 Å². The Balaban J connectivity index is 0.00000110. The molecule has 0 spiro atoms. The summed E-state index contributed by atoms with van der Waals surface area (Å²) >= 11 is 7.42. The molecule has 0 radical (unpaired) electrons. The SMILES string of the molecule is Br.Nc1nc(-c2ccc(Cl)cc2)c(-c2ccccc2)s1.O. The second kappa shape index (κ2) is 7.56. The number of rotatable bonds is 2. The largest absolute Gasteiger partial charge is 0.412 e. The third kappa shape index (κ3) is 3.83. The van der Waals surface area contributed by atoms with E-state index in [-0.39, 0.29) is 22.5 Å². The van der Waals surface area contributed by atoms with E-state index in [1.807, 2.05) is 42.5 Å². The van der Waals surface area contributed by atoms with Crippen LogP contribution in [0.4, 0.5) is 5.13 Å². The molecule has 3 aromatic rings. The van der Waals surface area contributed by atoms with Gasteiger partial charge in [0.25, 0.3) is 0 Å². The summed E-state index contributed by atoms with van der Waals surface area (Å²) in [6, 6.07) is 17.8. The predicted octanol–water partition coefficient (Wildman–Crippen LogP) is 4.47. The van der Waals surface area contributed by atoms with Gasteiger partial charge in [0.15, 0.2) is 5.13 Å². The molecule has 0 bridgehead atoms. The normalized spacial score (nSPS) is 9.57. The first-order valence-corrected chi connectivity index (χ1v) is 7.01. The molecule has 0 fully saturated rings. The molecule has 0 aliphatic rings. The van der Waals surface area contributed by atoms with Crippen molar-refractivity contribution in [2.24, 2.45) is 0 Å². The fraction of sp³-hybridized carbons (Fsp3) is 0. The molecule has 0 saturated heterocycles. The summed E-state index contributed by atoms with van der Waals surface area (Å²) in [5.41, 5.74) is 8.92. The topological polar surface area (TPSA) is 70.4 Å². The highest BCUT2D eigenvalue weighted by atomic mass is 79.9. The Hall–Kier alpha value is -1.40. The number of hydrogen-bond donors (Lipinski definition) is 1. The maximum Gasteiger partial charge on any atom is 0.181 e. The van der Waals surface area contributed by atoms with E-state index in [4.69, 9.17) is 17.3 Å². The van der Waals surface area contributed by atoms with Gasteiger partial charge in [0.2, 0.25) is 0 Å². The van der Waals surface area contributed by atoms with E-state index in [9.17, 15) is 0 Å². The minimum atomic E-state index is 0. The number of halogens is 2. The highest BCUT2D eigenvalue weighted by Crippen LogP contribution is 2.37. The molecule has 21 heavy (non-hydrogen) atoms. The molecule has 110 valence electrons. The van der Waals surface area contributed by atoms with Crippen LogP contribution < -0.4 is 5.73 Å². The molecule has 4 N–H and O–H groups in total. The molecular formula is C15H14BrClN2OS. The van der Waals surface area contributed by atoms with Crippen LogP contribution in [0.15, 0.2) is 54.6 Å². The van der Waals surface area contributed by atoms with E-state index in [1.165, 1.54) is 11.3 Å². The van der Waals surface area contributed by atoms with Gasteiger partial charge in [-0.3, -0.25) is 0 Å². The van der Waals surface area contributed by atoms with Crippen LogP contribution in [0, 0.1) is 0 Å². The number of nitrogen functional groups attached to an aromatic ring is 1. The van der Waals surface area contributed by atoms with Crippen molar-refractivity contribution < 1.29 is 5.48 Å². The third-order valence-corrected chi connectivity index (χ3v) is 3.98. The van der Waals surface area contributed by atoms with Crippen molar-refractivity contribution in [2.45, 2.75) is 0 Å². The highest BCUT2D eigenvalue weighted by molar-refractivity contribution is 8.93. The van der Waals surface area contributed by atoms with Crippen LogP contribution in [0.3, 0.4) is 0 Å². The van der Waals surface area contributed by atoms with Crippen molar-refractivity contribution in [3.8, 4) is 21.7 Å². The Bertz CT molecular complexity index is 701. The van der Waals surface area contributed by atoms with Gasteiger partial charge in [-0.1, -0.05) is 65.4 Å². The van der Waals surface area contributed by atoms with Gasteiger partial charge in [-0.2, -0.15) is 0 Å². The molecular weight excluding hydrogens is 372 g/mol. The molecule has 3 rings (SSSR count). The second-order valence-electron chi connectivity index (χ2n) is 4.10. The van der Waals surface area contributed by atoms with E-state index in [0.29, 0.717) is 10.2 Å². The van der Waals surface area contributed by atoms with E-state index in [1.54, 1.807) is 0 Å². The smallest absolute Gasteiger partial charge is 0.181 e. The van der Waals surface area contributed by atoms with Gasteiger partial charge >= 0.3 is 0 Å². The van der Waals surface area contributed by atoms with E-state index >= 15 is 0 Å². The molecule has 0 aliphatic heterocycles. The minimum Gasteiger partial charge on any atom is -0.412 e. The summed E-state index contributed by atoms with van der Waals surface area (Å²) in [6.07, 6.45) is 0. The molecule has 0 atom stereocenters. The Morgan fingerprint density at radius 3 is 2.14 bits per heavy atom. The van der Waals surface area contributed by atoms with Crippen molar-refractivity contribution in [2.75, 3.05) is 5.73 Å². The highest BCUT2D eigenvalue weighted by Gasteiger charge is 2.13. The van der Waals surface area contributed by atoms with Crippen LogP contribution in [-0.2, 0) is 0 Å². The second-order valence-corrected chi connectivity index (χ2v) is 5.57. The lowest BCUT2D eigenvalue weighted by molar-refractivity contribution is 0.824. The van der Waals surface area contributed by atoms with Crippen LogP contribution >= 0.6 is 39.9 Å². The van der Waals surface area contributed by atoms with Crippen LogP contribution in [0.1, 0.15) is 0 Å². The summed E-state index contributed by atoms with van der Waals surface area (Å²) in [7, 11) is 0. The maximum atomic E-state index is 5.92. The average molecular weight is 386 g/mol. The number of hydrogen-bond acceptors (Lipinski definition) is 3. The fourth-order valence-corrected chi connectivity index (χ4v) is 2.91. The van der Waals surface area contributed by atoms with Gasteiger partial charge in [0.05, 0.1) is 10.6 Å². The monoisotopic (exact) mass is 384 g/mol. The van der Waals surface area contributed by atoms with Gasteiger partial charge in [0, 0.05) is 10.6 Å². The number of aromatic nitrogens is 1. The molecule has 0 saturated carbocycles. The van der Waals surface area contributed by atoms with Crippen molar-refractivity contribution in [3.63, 3.8) is 0 Å².